The van der Waals surface area contributed by atoms with Gasteiger partial charge in [0, 0.05) is 12.8 Å². The topological polar surface area (TPSA) is 72.8 Å². The lowest BCUT2D eigenvalue weighted by Crippen LogP contribution is -2.28. The standard InChI is InChI=1S/C37H68O5/c1-3-5-7-9-11-13-15-16-17-18-19-20-22-24-26-28-30-32-37(40)42-35(33-38)34-41-36(39)31-29-27-25-23-21-14-12-10-8-6-4-2/h11,13,16-17,35,38H,3-10,12,14-15,18-34H2,1-2H3/b13-11-,17-16-/t35-/m0/s1. The van der Waals surface area contributed by atoms with Gasteiger partial charge in [-0.05, 0) is 44.9 Å². The highest BCUT2D eigenvalue weighted by Gasteiger charge is 2.16. The third-order valence-electron chi connectivity index (χ3n) is 7.75. The van der Waals surface area contributed by atoms with Crippen molar-refractivity contribution in [3.63, 3.8) is 0 Å². The van der Waals surface area contributed by atoms with Gasteiger partial charge in [0.05, 0.1) is 6.61 Å². The minimum atomic E-state index is -0.769. The van der Waals surface area contributed by atoms with E-state index in [0.717, 1.165) is 51.4 Å². The molecule has 0 saturated carbocycles. The summed E-state index contributed by atoms with van der Waals surface area (Å²) in [5.74, 6) is -0.597. The van der Waals surface area contributed by atoms with Crippen molar-refractivity contribution < 1.29 is 24.2 Å². The Kier molecular flexibility index (Phi) is 32.6. The molecule has 5 nitrogen and oxygen atoms in total. The van der Waals surface area contributed by atoms with Gasteiger partial charge in [-0.15, -0.1) is 0 Å². The van der Waals surface area contributed by atoms with E-state index in [4.69, 9.17) is 9.47 Å². The Hall–Kier alpha value is -1.62. The average molecular weight is 593 g/mol. The molecule has 0 aliphatic carbocycles. The molecule has 0 radical (unpaired) electrons. The molecule has 246 valence electrons. The number of aliphatic hydroxyl groups is 1. The summed E-state index contributed by atoms with van der Waals surface area (Å²) in [6, 6.07) is 0. The molecular weight excluding hydrogens is 524 g/mol. The van der Waals surface area contributed by atoms with Crippen molar-refractivity contribution in [1.82, 2.24) is 0 Å². The van der Waals surface area contributed by atoms with Crippen LogP contribution in [0.5, 0.6) is 0 Å². The van der Waals surface area contributed by atoms with Gasteiger partial charge in [0.2, 0.25) is 0 Å². The molecule has 0 rings (SSSR count). The summed E-state index contributed by atoms with van der Waals surface area (Å²) in [4.78, 5) is 24.1. The Morgan fingerprint density at radius 2 is 0.952 bits per heavy atom. The number of allylic oxidation sites excluding steroid dienone is 4. The van der Waals surface area contributed by atoms with E-state index in [2.05, 4.69) is 38.2 Å². The predicted molar refractivity (Wildman–Crippen MR) is 178 cm³/mol. The molecule has 0 aliphatic rings. The van der Waals surface area contributed by atoms with Crippen LogP contribution in [0.1, 0.15) is 181 Å². The van der Waals surface area contributed by atoms with E-state index in [9.17, 15) is 14.7 Å². The number of hydrogen-bond donors (Lipinski definition) is 1. The fraction of sp³-hybridized carbons (Fsp3) is 0.838. The number of hydrogen-bond acceptors (Lipinski definition) is 5. The lowest BCUT2D eigenvalue weighted by molar-refractivity contribution is -0.161. The number of carbonyl (C=O) groups is 2. The van der Waals surface area contributed by atoms with E-state index in [0.29, 0.717) is 12.8 Å². The van der Waals surface area contributed by atoms with Gasteiger partial charge in [0.15, 0.2) is 6.10 Å². The highest BCUT2D eigenvalue weighted by Crippen LogP contribution is 2.13. The number of esters is 2. The predicted octanol–water partition coefficient (Wildman–Crippen LogP) is 10.7. The molecule has 0 unspecified atom stereocenters. The quantitative estimate of drug-likeness (QED) is 0.0478. The lowest BCUT2D eigenvalue weighted by Gasteiger charge is -2.15. The summed E-state index contributed by atoms with van der Waals surface area (Å²) in [6.07, 6.45) is 38.0. The molecule has 1 atom stereocenters. The van der Waals surface area contributed by atoms with Crippen LogP contribution in [0.15, 0.2) is 24.3 Å². The second-order valence-corrected chi connectivity index (χ2v) is 12.0. The maximum absolute atomic E-state index is 12.1. The summed E-state index contributed by atoms with van der Waals surface area (Å²) in [5, 5.41) is 9.51. The first-order valence-corrected chi connectivity index (χ1v) is 17.9. The fourth-order valence-electron chi connectivity index (χ4n) is 4.99. The second-order valence-electron chi connectivity index (χ2n) is 12.0. The highest BCUT2D eigenvalue weighted by molar-refractivity contribution is 5.70. The number of unbranched alkanes of at least 4 members (excludes halogenated alkanes) is 20. The molecule has 0 heterocycles. The number of carbonyl (C=O) groups excluding carboxylic acids is 2. The molecule has 0 aromatic rings. The van der Waals surface area contributed by atoms with E-state index in [1.165, 1.54) is 103 Å². The molecule has 0 aromatic carbocycles. The summed E-state index contributed by atoms with van der Waals surface area (Å²) in [6.45, 7) is 4.09. The SMILES string of the molecule is CCCCC/C=C\C/C=C\CCCCCCCCCC(=O)O[C@@H](CO)COC(=O)CCCCCCCCCCCCC. The maximum Gasteiger partial charge on any atom is 0.306 e. The van der Waals surface area contributed by atoms with Gasteiger partial charge in [-0.1, -0.05) is 147 Å². The van der Waals surface area contributed by atoms with Crippen molar-refractivity contribution in [1.29, 1.82) is 0 Å². The zero-order chi connectivity index (χ0) is 30.8. The second kappa shape index (κ2) is 33.9. The van der Waals surface area contributed by atoms with Crippen molar-refractivity contribution in [2.24, 2.45) is 0 Å². The summed E-state index contributed by atoms with van der Waals surface area (Å²) < 4.78 is 10.6. The van der Waals surface area contributed by atoms with Gasteiger partial charge >= 0.3 is 11.9 Å². The van der Waals surface area contributed by atoms with E-state index in [-0.39, 0.29) is 25.2 Å². The van der Waals surface area contributed by atoms with Gasteiger partial charge in [-0.3, -0.25) is 9.59 Å². The van der Waals surface area contributed by atoms with E-state index in [1.54, 1.807) is 0 Å². The molecular formula is C37H68O5. The van der Waals surface area contributed by atoms with Crippen LogP contribution in [0.4, 0.5) is 0 Å². The molecule has 0 amide bonds. The first kappa shape index (κ1) is 40.4. The van der Waals surface area contributed by atoms with E-state index >= 15 is 0 Å². The van der Waals surface area contributed by atoms with E-state index in [1.807, 2.05) is 0 Å². The third kappa shape index (κ3) is 31.3. The minimum absolute atomic E-state index is 0.0654. The van der Waals surface area contributed by atoms with Gasteiger partial charge in [-0.2, -0.15) is 0 Å². The Bertz CT molecular complexity index is 642. The van der Waals surface area contributed by atoms with Gasteiger partial charge in [-0.25, -0.2) is 0 Å². The first-order chi connectivity index (χ1) is 20.6. The van der Waals surface area contributed by atoms with Crippen LogP contribution >= 0.6 is 0 Å². The van der Waals surface area contributed by atoms with Crippen LogP contribution in [0, 0.1) is 0 Å². The van der Waals surface area contributed by atoms with Crippen molar-refractivity contribution in [3.8, 4) is 0 Å². The zero-order valence-corrected chi connectivity index (χ0v) is 27.8. The molecule has 5 heteroatoms. The van der Waals surface area contributed by atoms with Crippen LogP contribution < -0.4 is 0 Å². The summed E-state index contributed by atoms with van der Waals surface area (Å²) >= 11 is 0. The number of aliphatic hydroxyl groups excluding tert-OH is 1. The largest absolute Gasteiger partial charge is 0.462 e. The molecule has 0 fully saturated rings. The van der Waals surface area contributed by atoms with Gasteiger partial charge < -0.3 is 14.6 Å². The smallest absolute Gasteiger partial charge is 0.306 e. The normalized spacial score (nSPS) is 12.4. The number of ether oxygens (including phenoxy) is 2. The van der Waals surface area contributed by atoms with Crippen LogP contribution in [0.3, 0.4) is 0 Å². The molecule has 0 bridgehead atoms. The molecule has 0 spiro atoms. The van der Waals surface area contributed by atoms with Crippen LogP contribution in [-0.4, -0.2) is 36.4 Å². The van der Waals surface area contributed by atoms with E-state index < -0.39 is 6.10 Å². The third-order valence-corrected chi connectivity index (χ3v) is 7.75. The van der Waals surface area contributed by atoms with Crippen LogP contribution in [-0.2, 0) is 19.1 Å². The molecule has 1 N–H and O–H groups in total. The Morgan fingerprint density at radius 1 is 0.548 bits per heavy atom. The van der Waals surface area contributed by atoms with Crippen molar-refractivity contribution in [3.05, 3.63) is 24.3 Å². The molecule has 0 aliphatic heterocycles. The summed E-state index contributed by atoms with van der Waals surface area (Å²) in [7, 11) is 0. The highest BCUT2D eigenvalue weighted by atomic mass is 16.6. The first-order valence-electron chi connectivity index (χ1n) is 17.9. The van der Waals surface area contributed by atoms with Crippen LogP contribution in [0.25, 0.3) is 0 Å². The maximum atomic E-state index is 12.1. The Labute approximate surface area is 260 Å². The fourth-order valence-corrected chi connectivity index (χ4v) is 4.99. The van der Waals surface area contributed by atoms with Gasteiger partial charge in [0.25, 0.3) is 0 Å². The summed E-state index contributed by atoms with van der Waals surface area (Å²) in [5.41, 5.74) is 0. The zero-order valence-electron chi connectivity index (χ0n) is 27.8. The number of rotatable bonds is 32. The molecule has 0 aromatic heterocycles. The Morgan fingerprint density at radius 3 is 1.45 bits per heavy atom. The van der Waals surface area contributed by atoms with Crippen molar-refractivity contribution in [2.75, 3.05) is 13.2 Å². The molecule has 42 heavy (non-hydrogen) atoms. The van der Waals surface area contributed by atoms with Crippen LogP contribution in [0.2, 0.25) is 0 Å². The van der Waals surface area contributed by atoms with Gasteiger partial charge in [0.1, 0.15) is 6.61 Å². The Balaban J connectivity index is 3.57. The average Bonchev–Trinajstić information content (AvgIpc) is 2.99. The molecule has 0 saturated heterocycles. The monoisotopic (exact) mass is 593 g/mol. The lowest BCUT2D eigenvalue weighted by atomic mass is 10.1. The minimum Gasteiger partial charge on any atom is -0.462 e. The van der Waals surface area contributed by atoms with Crippen molar-refractivity contribution >= 4 is 11.9 Å². The van der Waals surface area contributed by atoms with Crippen molar-refractivity contribution in [2.45, 2.75) is 187 Å².